The molecule has 0 radical (unpaired) electrons. The quantitative estimate of drug-likeness (QED) is 0.643. The van der Waals surface area contributed by atoms with E-state index in [9.17, 15) is 13.2 Å². The van der Waals surface area contributed by atoms with Crippen molar-refractivity contribution in [1.82, 2.24) is 9.62 Å². The van der Waals surface area contributed by atoms with E-state index in [1.807, 2.05) is 0 Å². The molecule has 1 fully saturated rings. The van der Waals surface area contributed by atoms with Gasteiger partial charge in [-0.15, -0.1) is 0 Å². The molecule has 0 atom stereocenters. The Morgan fingerprint density at radius 3 is 2.48 bits per heavy atom. The van der Waals surface area contributed by atoms with E-state index >= 15 is 0 Å². The lowest BCUT2D eigenvalue weighted by Gasteiger charge is -2.23. The standard InChI is InChI=1S/C14H28N2O4S/c1-20-12-6-10-16(21(2,18)19)11-9-15-14(17)13-7-4-3-5-8-13/h13H,3-12H2,1-2H3,(H,15,17). The molecule has 0 bridgehead atoms. The molecular formula is C14H28N2O4S. The maximum absolute atomic E-state index is 12.0. The summed E-state index contributed by atoms with van der Waals surface area (Å²) in [5.74, 6) is 0.180. The Balaban J connectivity index is 2.33. The summed E-state index contributed by atoms with van der Waals surface area (Å²) in [5.41, 5.74) is 0. The van der Waals surface area contributed by atoms with Crippen molar-refractivity contribution in [2.24, 2.45) is 5.92 Å². The number of rotatable bonds is 9. The van der Waals surface area contributed by atoms with Crippen LogP contribution in [0, 0.1) is 5.92 Å². The molecule has 21 heavy (non-hydrogen) atoms. The molecule has 0 aromatic heterocycles. The molecule has 1 aliphatic carbocycles. The summed E-state index contributed by atoms with van der Waals surface area (Å²) < 4.78 is 29.7. The fourth-order valence-corrected chi connectivity index (χ4v) is 3.53. The van der Waals surface area contributed by atoms with E-state index in [-0.39, 0.29) is 11.8 Å². The van der Waals surface area contributed by atoms with Gasteiger partial charge in [-0.1, -0.05) is 19.3 Å². The van der Waals surface area contributed by atoms with E-state index in [0.29, 0.717) is 32.7 Å². The molecule has 1 aliphatic rings. The third-order valence-corrected chi connectivity index (χ3v) is 5.16. The van der Waals surface area contributed by atoms with E-state index in [1.54, 1.807) is 7.11 Å². The summed E-state index contributed by atoms with van der Waals surface area (Å²) >= 11 is 0. The Labute approximate surface area is 128 Å². The largest absolute Gasteiger partial charge is 0.385 e. The number of nitrogens with one attached hydrogen (secondary N) is 1. The van der Waals surface area contributed by atoms with Crippen molar-refractivity contribution >= 4 is 15.9 Å². The summed E-state index contributed by atoms with van der Waals surface area (Å²) in [6.07, 6.45) is 7.20. The average Bonchev–Trinajstić information content (AvgIpc) is 2.45. The number of sulfonamides is 1. The van der Waals surface area contributed by atoms with E-state index in [4.69, 9.17) is 4.74 Å². The summed E-state index contributed by atoms with van der Waals surface area (Å²) in [5, 5.41) is 2.87. The van der Waals surface area contributed by atoms with Gasteiger partial charge in [0.2, 0.25) is 15.9 Å². The fraction of sp³-hybridized carbons (Fsp3) is 0.929. The first-order valence-corrected chi connectivity index (χ1v) is 9.51. The molecular weight excluding hydrogens is 292 g/mol. The third kappa shape index (κ3) is 7.24. The normalized spacial score (nSPS) is 17.1. The zero-order chi connectivity index (χ0) is 15.7. The van der Waals surface area contributed by atoms with Gasteiger partial charge in [0, 0.05) is 39.3 Å². The first-order chi connectivity index (χ1) is 9.95. The maximum Gasteiger partial charge on any atom is 0.223 e. The van der Waals surface area contributed by atoms with Crippen LogP contribution < -0.4 is 5.32 Å². The molecule has 0 aromatic rings. The molecule has 124 valence electrons. The zero-order valence-corrected chi connectivity index (χ0v) is 14.0. The predicted octanol–water partition coefficient (Wildman–Crippen LogP) is 0.981. The van der Waals surface area contributed by atoms with Gasteiger partial charge in [0.15, 0.2) is 0 Å². The SMILES string of the molecule is COCCCN(CCNC(=O)C1CCCCC1)S(C)(=O)=O. The number of amides is 1. The molecule has 0 unspecified atom stereocenters. The zero-order valence-electron chi connectivity index (χ0n) is 13.1. The third-order valence-electron chi connectivity index (χ3n) is 3.86. The molecule has 0 heterocycles. The molecule has 1 rings (SSSR count). The van der Waals surface area contributed by atoms with Crippen LogP contribution in [-0.2, 0) is 19.6 Å². The minimum atomic E-state index is -3.24. The van der Waals surface area contributed by atoms with Crippen molar-refractivity contribution < 1.29 is 17.9 Å². The van der Waals surface area contributed by atoms with Crippen LogP contribution in [0.5, 0.6) is 0 Å². The number of nitrogens with zero attached hydrogens (tertiary/aromatic N) is 1. The Kier molecular flexibility index (Phi) is 8.21. The van der Waals surface area contributed by atoms with Crippen molar-refractivity contribution in [1.29, 1.82) is 0 Å². The number of hydrogen-bond acceptors (Lipinski definition) is 4. The molecule has 0 saturated heterocycles. The highest BCUT2D eigenvalue weighted by atomic mass is 32.2. The minimum Gasteiger partial charge on any atom is -0.385 e. The van der Waals surface area contributed by atoms with Gasteiger partial charge in [-0.2, -0.15) is 0 Å². The number of carbonyl (C=O) groups is 1. The Bertz CT molecular complexity index is 405. The number of ether oxygens (including phenoxy) is 1. The van der Waals surface area contributed by atoms with Gasteiger partial charge in [-0.05, 0) is 19.3 Å². The lowest BCUT2D eigenvalue weighted by Crippen LogP contribution is -2.40. The summed E-state index contributed by atoms with van der Waals surface area (Å²) in [4.78, 5) is 12.0. The topological polar surface area (TPSA) is 75.7 Å². The second-order valence-corrected chi connectivity index (χ2v) is 7.62. The molecule has 0 spiro atoms. The fourth-order valence-electron chi connectivity index (χ4n) is 2.64. The van der Waals surface area contributed by atoms with E-state index in [0.717, 1.165) is 25.7 Å². The first kappa shape index (κ1) is 18.4. The van der Waals surface area contributed by atoms with Crippen LogP contribution in [0.25, 0.3) is 0 Å². The van der Waals surface area contributed by atoms with E-state index in [1.165, 1.54) is 17.0 Å². The van der Waals surface area contributed by atoms with Crippen LogP contribution in [0.4, 0.5) is 0 Å². The van der Waals surface area contributed by atoms with E-state index < -0.39 is 10.0 Å². The van der Waals surface area contributed by atoms with Crippen molar-refractivity contribution in [2.75, 3.05) is 39.6 Å². The first-order valence-electron chi connectivity index (χ1n) is 7.67. The average molecular weight is 320 g/mol. The maximum atomic E-state index is 12.0. The minimum absolute atomic E-state index is 0.0695. The number of methoxy groups -OCH3 is 1. The highest BCUT2D eigenvalue weighted by molar-refractivity contribution is 7.88. The molecule has 1 N–H and O–H groups in total. The van der Waals surface area contributed by atoms with Gasteiger partial charge >= 0.3 is 0 Å². The highest BCUT2D eigenvalue weighted by Crippen LogP contribution is 2.23. The van der Waals surface area contributed by atoms with Crippen LogP contribution in [0.15, 0.2) is 0 Å². The van der Waals surface area contributed by atoms with Gasteiger partial charge in [0.25, 0.3) is 0 Å². The van der Waals surface area contributed by atoms with Gasteiger partial charge in [-0.25, -0.2) is 12.7 Å². The van der Waals surface area contributed by atoms with Gasteiger partial charge in [0.1, 0.15) is 0 Å². The van der Waals surface area contributed by atoms with Crippen molar-refractivity contribution in [2.45, 2.75) is 38.5 Å². The highest BCUT2D eigenvalue weighted by Gasteiger charge is 2.21. The van der Waals surface area contributed by atoms with Crippen LogP contribution in [0.2, 0.25) is 0 Å². The summed E-state index contributed by atoms with van der Waals surface area (Å²) in [6, 6.07) is 0. The lowest BCUT2D eigenvalue weighted by molar-refractivity contribution is -0.125. The summed E-state index contributed by atoms with van der Waals surface area (Å²) in [6.45, 7) is 1.64. The molecule has 1 saturated carbocycles. The molecule has 0 aliphatic heterocycles. The van der Waals surface area contributed by atoms with Gasteiger partial charge in [-0.3, -0.25) is 4.79 Å². The van der Waals surface area contributed by atoms with E-state index in [2.05, 4.69) is 5.32 Å². The van der Waals surface area contributed by atoms with Crippen LogP contribution in [0.1, 0.15) is 38.5 Å². The number of carbonyl (C=O) groups excluding carboxylic acids is 1. The number of hydrogen-bond donors (Lipinski definition) is 1. The lowest BCUT2D eigenvalue weighted by atomic mass is 9.89. The van der Waals surface area contributed by atoms with Gasteiger partial charge < -0.3 is 10.1 Å². The van der Waals surface area contributed by atoms with Gasteiger partial charge in [0.05, 0.1) is 6.26 Å². The smallest absolute Gasteiger partial charge is 0.223 e. The van der Waals surface area contributed by atoms with Crippen molar-refractivity contribution in [3.63, 3.8) is 0 Å². The monoisotopic (exact) mass is 320 g/mol. The molecule has 6 nitrogen and oxygen atoms in total. The Morgan fingerprint density at radius 1 is 1.24 bits per heavy atom. The molecule has 7 heteroatoms. The summed E-state index contributed by atoms with van der Waals surface area (Å²) in [7, 11) is -1.65. The molecule has 0 aromatic carbocycles. The Hall–Kier alpha value is -0.660. The van der Waals surface area contributed by atoms with Crippen LogP contribution >= 0.6 is 0 Å². The molecule has 1 amide bonds. The predicted molar refractivity (Wildman–Crippen MR) is 82.5 cm³/mol. The van der Waals surface area contributed by atoms with Crippen molar-refractivity contribution in [3.05, 3.63) is 0 Å². The van der Waals surface area contributed by atoms with Crippen molar-refractivity contribution in [3.8, 4) is 0 Å². The Morgan fingerprint density at radius 2 is 1.90 bits per heavy atom. The second-order valence-electron chi connectivity index (χ2n) is 5.63. The second kappa shape index (κ2) is 9.38. The van der Waals surface area contributed by atoms with Crippen LogP contribution in [-0.4, -0.2) is 58.2 Å². The van der Waals surface area contributed by atoms with Crippen LogP contribution in [0.3, 0.4) is 0 Å².